The number of hydrogen-bond acceptors (Lipinski definition) is 1. The van der Waals surface area contributed by atoms with Crippen molar-refractivity contribution in [3.05, 3.63) is 58.9 Å². The molecule has 1 nitrogen and oxygen atoms in total. The first-order valence-electron chi connectivity index (χ1n) is 7.02. The Labute approximate surface area is 121 Å². The summed E-state index contributed by atoms with van der Waals surface area (Å²) in [5, 5.41) is 3.31. The van der Waals surface area contributed by atoms with Gasteiger partial charge in [0.25, 0.3) is 0 Å². The second kappa shape index (κ2) is 5.53. The van der Waals surface area contributed by atoms with Gasteiger partial charge in [-0.25, -0.2) is 13.2 Å². The van der Waals surface area contributed by atoms with E-state index in [0.717, 1.165) is 30.5 Å². The lowest BCUT2D eigenvalue weighted by Crippen LogP contribution is -2.16. The summed E-state index contributed by atoms with van der Waals surface area (Å²) in [6.07, 6.45) is 2.26. The molecule has 1 aliphatic carbocycles. The number of rotatable bonds is 4. The molecule has 1 aliphatic rings. The summed E-state index contributed by atoms with van der Waals surface area (Å²) < 4.78 is 41.4. The molecule has 110 valence electrons. The molecule has 0 aromatic heterocycles. The summed E-state index contributed by atoms with van der Waals surface area (Å²) in [4.78, 5) is 0. The van der Waals surface area contributed by atoms with Crippen molar-refractivity contribution >= 4 is 0 Å². The zero-order chi connectivity index (χ0) is 15.0. The van der Waals surface area contributed by atoms with Crippen LogP contribution in [0.1, 0.15) is 24.0 Å². The van der Waals surface area contributed by atoms with E-state index in [1.54, 1.807) is 6.07 Å². The van der Waals surface area contributed by atoms with Gasteiger partial charge in [0.05, 0.1) is 0 Å². The van der Waals surface area contributed by atoms with Gasteiger partial charge in [-0.05, 0) is 60.7 Å². The molecule has 0 atom stereocenters. The van der Waals surface area contributed by atoms with Crippen LogP contribution in [0.3, 0.4) is 0 Å². The van der Waals surface area contributed by atoms with Crippen molar-refractivity contribution in [2.45, 2.75) is 32.4 Å². The van der Waals surface area contributed by atoms with Crippen LogP contribution in [0.25, 0.3) is 11.1 Å². The molecule has 1 fully saturated rings. The van der Waals surface area contributed by atoms with Crippen LogP contribution in [0.15, 0.2) is 30.3 Å². The molecule has 0 amide bonds. The van der Waals surface area contributed by atoms with E-state index in [1.165, 1.54) is 19.1 Å². The largest absolute Gasteiger partial charge is 0.310 e. The summed E-state index contributed by atoms with van der Waals surface area (Å²) >= 11 is 0. The van der Waals surface area contributed by atoms with Crippen LogP contribution in [0.2, 0.25) is 0 Å². The van der Waals surface area contributed by atoms with Crippen LogP contribution in [-0.2, 0) is 6.54 Å². The van der Waals surface area contributed by atoms with Crippen molar-refractivity contribution in [2.24, 2.45) is 0 Å². The Morgan fingerprint density at radius 2 is 1.76 bits per heavy atom. The predicted molar refractivity (Wildman–Crippen MR) is 76.4 cm³/mol. The quantitative estimate of drug-likeness (QED) is 0.884. The number of benzene rings is 2. The Hall–Kier alpha value is -1.81. The second-order valence-electron chi connectivity index (χ2n) is 5.54. The van der Waals surface area contributed by atoms with Gasteiger partial charge < -0.3 is 5.32 Å². The van der Waals surface area contributed by atoms with E-state index in [2.05, 4.69) is 5.32 Å². The molecule has 1 N–H and O–H groups in total. The summed E-state index contributed by atoms with van der Waals surface area (Å²) in [7, 11) is 0. The Morgan fingerprint density at radius 1 is 1.00 bits per heavy atom. The molecule has 0 bridgehead atoms. The predicted octanol–water partition coefficient (Wildman–Crippen LogP) is 4.33. The van der Waals surface area contributed by atoms with Gasteiger partial charge in [0.2, 0.25) is 0 Å². The molecule has 0 unspecified atom stereocenters. The number of aryl methyl sites for hydroxylation is 1. The highest BCUT2D eigenvalue weighted by Gasteiger charge is 2.21. The monoisotopic (exact) mass is 291 g/mol. The normalized spacial score (nSPS) is 14.5. The molecule has 0 radical (unpaired) electrons. The van der Waals surface area contributed by atoms with Gasteiger partial charge in [0.1, 0.15) is 17.5 Å². The molecule has 0 aliphatic heterocycles. The zero-order valence-corrected chi connectivity index (χ0v) is 11.7. The molecule has 1 saturated carbocycles. The topological polar surface area (TPSA) is 12.0 Å². The first kappa shape index (κ1) is 14.1. The number of halogens is 3. The van der Waals surface area contributed by atoms with Gasteiger partial charge in [0.15, 0.2) is 0 Å². The maximum absolute atomic E-state index is 14.1. The van der Waals surface area contributed by atoms with E-state index in [4.69, 9.17) is 0 Å². The van der Waals surface area contributed by atoms with Gasteiger partial charge in [-0.15, -0.1) is 0 Å². The SMILES string of the molecule is Cc1cc(F)c(-c2cc(F)ccc2CNC2CC2)cc1F. The Kier molecular flexibility index (Phi) is 3.72. The molecule has 2 aromatic carbocycles. The van der Waals surface area contributed by atoms with Crippen LogP contribution >= 0.6 is 0 Å². The summed E-state index contributed by atoms with van der Waals surface area (Å²) in [6, 6.07) is 7.00. The van der Waals surface area contributed by atoms with Crippen LogP contribution in [0, 0.1) is 24.4 Å². The van der Waals surface area contributed by atoms with Crippen molar-refractivity contribution in [3.63, 3.8) is 0 Å². The maximum atomic E-state index is 14.1. The molecule has 0 spiro atoms. The van der Waals surface area contributed by atoms with E-state index in [1.807, 2.05) is 0 Å². The highest BCUT2D eigenvalue weighted by Crippen LogP contribution is 2.30. The molecule has 2 aromatic rings. The smallest absolute Gasteiger partial charge is 0.131 e. The van der Waals surface area contributed by atoms with Crippen molar-refractivity contribution in [3.8, 4) is 11.1 Å². The number of nitrogens with one attached hydrogen (secondary N) is 1. The summed E-state index contributed by atoms with van der Waals surface area (Å²) in [5.41, 5.74) is 1.51. The van der Waals surface area contributed by atoms with Gasteiger partial charge in [-0.1, -0.05) is 6.07 Å². The van der Waals surface area contributed by atoms with Gasteiger partial charge >= 0.3 is 0 Å². The minimum Gasteiger partial charge on any atom is -0.310 e. The second-order valence-corrected chi connectivity index (χ2v) is 5.54. The lowest BCUT2D eigenvalue weighted by Gasteiger charge is -2.12. The summed E-state index contributed by atoms with van der Waals surface area (Å²) in [6.45, 7) is 2.03. The average Bonchev–Trinajstić information content (AvgIpc) is 3.25. The molecule has 3 rings (SSSR count). The van der Waals surface area contributed by atoms with Crippen LogP contribution in [0.4, 0.5) is 13.2 Å². The first-order chi connectivity index (χ1) is 10.0. The Bertz CT molecular complexity index is 678. The molecule has 0 heterocycles. The fraction of sp³-hybridized carbons (Fsp3) is 0.294. The molecular formula is C17H16F3N. The van der Waals surface area contributed by atoms with Crippen molar-refractivity contribution < 1.29 is 13.2 Å². The maximum Gasteiger partial charge on any atom is 0.131 e. The van der Waals surface area contributed by atoms with E-state index in [0.29, 0.717) is 18.2 Å². The van der Waals surface area contributed by atoms with Crippen LogP contribution in [-0.4, -0.2) is 6.04 Å². The van der Waals surface area contributed by atoms with Crippen molar-refractivity contribution in [2.75, 3.05) is 0 Å². The van der Waals surface area contributed by atoms with E-state index in [9.17, 15) is 13.2 Å². The minimum atomic E-state index is -0.535. The first-order valence-corrected chi connectivity index (χ1v) is 7.02. The molecular weight excluding hydrogens is 275 g/mol. The molecule has 0 saturated heterocycles. The zero-order valence-electron chi connectivity index (χ0n) is 11.7. The fourth-order valence-electron chi connectivity index (χ4n) is 2.35. The highest BCUT2D eigenvalue weighted by molar-refractivity contribution is 5.68. The Balaban J connectivity index is 2.02. The van der Waals surface area contributed by atoms with Gasteiger partial charge in [0, 0.05) is 18.2 Å². The van der Waals surface area contributed by atoms with Crippen LogP contribution in [0.5, 0.6) is 0 Å². The van der Waals surface area contributed by atoms with E-state index >= 15 is 0 Å². The lowest BCUT2D eigenvalue weighted by atomic mass is 9.97. The van der Waals surface area contributed by atoms with Crippen molar-refractivity contribution in [1.82, 2.24) is 5.32 Å². The van der Waals surface area contributed by atoms with Crippen LogP contribution < -0.4 is 5.32 Å². The molecule has 4 heteroatoms. The fourth-order valence-corrected chi connectivity index (χ4v) is 2.35. The van der Waals surface area contributed by atoms with Crippen molar-refractivity contribution in [1.29, 1.82) is 0 Å². The highest BCUT2D eigenvalue weighted by atomic mass is 19.1. The van der Waals surface area contributed by atoms with Gasteiger partial charge in [-0.3, -0.25) is 0 Å². The third-order valence-corrected chi connectivity index (χ3v) is 3.77. The third kappa shape index (κ3) is 3.10. The van der Waals surface area contributed by atoms with E-state index < -0.39 is 17.5 Å². The minimum absolute atomic E-state index is 0.102. The van der Waals surface area contributed by atoms with Gasteiger partial charge in [-0.2, -0.15) is 0 Å². The Morgan fingerprint density at radius 3 is 2.48 bits per heavy atom. The molecule has 21 heavy (non-hydrogen) atoms. The number of hydrogen-bond donors (Lipinski definition) is 1. The standard InChI is InChI=1S/C17H16F3N/c1-10-6-17(20)15(8-16(10)19)14-7-12(18)3-2-11(14)9-21-13-4-5-13/h2-3,6-8,13,21H,4-5,9H2,1H3. The lowest BCUT2D eigenvalue weighted by molar-refractivity contribution is 0.594. The summed E-state index contributed by atoms with van der Waals surface area (Å²) in [5.74, 6) is -1.48. The average molecular weight is 291 g/mol. The van der Waals surface area contributed by atoms with E-state index in [-0.39, 0.29) is 11.1 Å². The third-order valence-electron chi connectivity index (χ3n) is 3.77.